The fourth-order valence-electron chi connectivity index (χ4n) is 1.85. The Labute approximate surface area is 97.1 Å². The van der Waals surface area contributed by atoms with Crippen LogP contribution < -0.4 is 5.32 Å². The first-order chi connectivity index (χ1) is 7.70. The second-order valence-corrected chi connectivity index (χ2v) is 4.17. The molecular weight excluding hydrogens is 194 g/mol. The molecule has 0 unspecified atom stereocenters. The summed E-state index contributed by atoms with van der Waals surface area (Å²) in [5, 5.41) is 3.24. The molecule has 0 atom stereocenters. The highest BCUT2D eigenvalue weighted by molar-refractivity contribution is 5.78. The van der Waals surface area contributed by atoms with Gasteiger partial charge in [-0.25, -0.2) is 0 Å². The Morgan fingerprint density at radius 1 is 0.812 bits per heavy atom. The van der Waals surface area contributed by atoms with E-state index in [9.17, 15) is 0 Å². The highest BCUT2D eigenvalue weighted by Gasteiger charge is 2.03. The normalized spacial score (nSPS) is 10.2. The molecule has 0 fully saturated rings. The fraction of sp³-hybridized carbons (Fsp3) is 0.200. The number of benzene rings is 2. The van der Waals surface area contributed by atoms with Crippen LogP contribution in [0.15, 0.2) is 42.5 Å². The maximum absolute atomic E-state index is 3.24. The highest BCUT2D eigenvalue weighted by Crippen LogP contribution is 2.28. The third kappa shape index (κ3) is 2.08. The van der Waals surface area contributed by atoms with E-state index in [2.05, 4.69) is 61.6 Å². The molecule has 16 heavy (non-hydrogen) atoms. The molecule has 2 aromatic rings. The van der Waals surface area contributed by atoms with Gasteiger partial charge in [0.05, 0.1) is 0 Å². The molecule has 0 spiro atoms. The molecule has 82 valence electrons. The summed E-state index contributed by atoms with van der Waals surface area (Å²) in [6, 6.07) is 15.1. The van der Waals surface area contributed by atoms with Crippen molar-refractivity contribution < 1.29 is 0 Å². The Morgan fingerprint density at radius 2 is 1.44 bits per heavy atom. The first-order valence-corrected chi connectivity index (χ1v) is 5.56. The smallest absolute Gasteiger partial charge is 0.0417 e. The predicted octanol–water partition coefficient (Wildman–Crippen LogP) is 4.01. The lowest BCUT2D eigenvalue weighted by Gasteiger charge is -2.10. The summed E-state index contributed by atoms with van der Waals surface area (Å²) < 4.78 is 0. The first-order valence-electron chi connectivity index (χ1n) is 5.56. The maximum atomic E-state index is 3.24. The molecule has 0 saturated carbocycles. The van der Waals surface area contributed by atoms with Crippen LogP contribution in [0.1, 0.15) is 11.1 Å². The lowest BCUT2D eigenvalue weighted by Crippen LogP contribution is -1.92. The van der Waals surface area contributed by atoms with Crippen LogP contribution in [0.5, 0.6) is 0 Å². The van der Waals surface area contributed by atoms with Gasteiger partial charge >= 0.3 is 0 Å². The van der Waals surface area contributed by atoms with Crippen molar-refractivity contribution in [2.45, 2.75) is 13.8 Å². The van der Waals surface area contributed by atoms with Crippen LogP contribution in [-0.2, 0) is 0 Å². The van der Waals surface area contributed by atoms with E-state index in [-0.39, 0.29) is 0 Å². The van der Waals surface area contributed by atoms with Gasteiger partial charge in [0.15, 0.2) is 0 Å². The van der Waals surface area contributed by atoms with Gasteiger partial charge in [-0.05, 0) is 31.5 Å². The Kier molecular flexibility index (Phi) is 2.95. The van der Waals surface area contributed by atoms with Crippen molar-refractivity contribution in [1.29, 1.82) is 0 Å². The quantitative estimate of drug-likeness (QED) is 0.791. The van der Waals surface area contributed by atoms with Gasteiger partial charge in [0.1, 0.15) is 0 Å². The predicted molar refractivity (Wildman–Crippen MR) is 70.9 cm³/mol. The molecule has 0 heterocycles. The molecular formula is C15H17N. The summed E-state index contributed by atoms with van der Waals surface area (Å²) in [6.07, 6.45) is 0. The molecule has 1 N–H and O–H groups in total. The largest absolute Gasteiger partial charge is 0.388 e. The van der Waals surface area contributed by atoms with E-state index in [1.54, 1.807) is 0 Å². The van der Waals surface area contributed by atoms with Crippen LogP contribution in [0.4, 0.5) is 5.69 Å². The van der Waals surface area contributed by atoms with Gasteiger partial charge in [0.2, 0.25) is 0 Å². The SMILES string of the molecule is CNc1ccc(C)cc1-c1ccc(C)cc1. The van der Waals surface area contributed by atoms with E-state index < -0.39 is 0 Å². The van der Waals surface area contributed by atoms with Gasteiger partial charge in [0, 0.05) is 18.3 Å². The number of aryl methyl sites for hydroxylation is 2. The van der Waals surface area contributed by atoms with Crippen molar-refractivity contribution in [3.05, 3.63) is 53.6 Å². The standard InChI is InChI=1S/C15H17N/c1-11-4-7-13(8-5-11)14-10-12(2)6-9-15(14)16-3/h4-10,16H,1-3H3. The third-order valence-electron chi connectivity index (χ3n) is 2.81. The van der Waals surface area contributed by atoms with Gasteiger partial charge in [-0.1, -0.05) is 41.5 Å². The topological polar surface area (TPSA) is 12.0 Å². The minimum atomic E-state index is 1.18. The van der Waals surface area contributed by atoms with E-state index >= 15 is 0 Å². The summed E-state index contributed by atoms with van der Waals surface area (Å²) in [5.41, 5.74) is 6.28. The summed E-state index contributed by atoms with van der Waals surface area (Å²) in [6.45, 7) is 4.23. The molecule has 0 amide bonds. The van der Waals surface area contributed by atoms with E-state index in [0.717, 1.165) is 0 Å². The van der Waals surface area contributed by atoms with Crippen molar-refractivity contribution in [3.63, 3.8) is 0 Å². The molecule has 0 aromatic heterocycles. The number of hydrogen-bond donors (Lipinski definition) is 1. The monoisotopic (exact) mass is 211 g/mol. The maximum Gasteiger partial charge on any atom is 0.0417 e. The van der Waals surface area contributed by atoms with Crippen molar-refractivity contribution in [2.75, 3.05) is 12.4 Å². The molecule has 2 aromatic carbocycles. The molecule has 0 bridgehead atoms. The lowest BCUT2D eigenvalue weighted by molar-refractivity contribution is 1.42. The summed E-state index contributed by atoms with van der Waals surface area (Å²) >= 11 is 0. The molecule has 2 rings (SSSR count). The molecule has 0 aliphatic rings. The second-order valence-electron chi connectivity index (χ2n) is 4.17. The molecule has 0 aliphatic carbocycles. The van der Waals surface area contributed by atoms with Gasteiger partial charge in [-0.2, -0.15) is 0 Å². The van der Waals surface area contributed by atoms with E-state index in [1.807, 2.05) is 7.05 Å². The Bertz CT molecular complexity index is 483. The minimum Gasteiger partial charge on any atom is -0.388 e. The Morgan fingerprint density at radius 3 is 2.06 bits per heavy atom. The zero-order valence-electron chi connectivity index (χ0n) is 10.0. The second kappa shape index (κ2) is 4.40. The number of anilines is 1. The Balaban J connectivity index is 2.53. The number of nitrogens with one attached hydrogen (secondary N) is 1. The molecule has 0 saturated heterocycles. The molecule has 0 aliphatic heterocycles. The van der Waals surface area contributed by atoms with Gasteiger partial charge in [0.25, 0.3) is 0 Å². The van der Waals surface area contributed by atoms with Crippen molar-refractivity contribution in [1.82, 2.24) is 0 Å². The van der Waals surface area contributed by atoms with Crippen molar-refractivity contribution >= 4 is 5.69 Å². The Hall–Kier alpha value is -1.76. The van der Waals surface area contributed by atoms with E-state index in [1.165, 1.54) is 27.9 Å². The van der Waals surface area contributed by atoms with Gasteiger partial charge in [-0.3, -0.25) is 0 Å². The fourth-order valence-corrected chi connectivity index (χ4v) is 1.85. The van der Waals surface area contributed by atoms with Crippen LogP contribution in [0.3, 0.4) is 0 Å². The average molecular weight is 211 g/mol. The molecule has 0 radical (unpaired) electrons. The number of rotatable bonds is 2. The van der Waals surface area contributed by atoms with Crippen LogP contribution in [0, 0.1) is 13.8 Å². The third-order valence-corrected chi connectivity index (χ3v) is 2.81. The average Bonchev–Trinajstić information content (AvgIpc) is 2.30. The van der Waals surface area contributed by atoms with Gasteiger partial charge in [-0.15, -0.1) is 0 Å². The van der Waals surface area contributed by atoms with Crippen molar-refractivity contribution in [2.24, 2.45) is 0 Å². The minimum absolute atomic E-state index is 1.18. The first kappa shape index (κ1) is 10.7. The zero-order chi connectivity index (χ0) is 11.5. The zero-order valence-corrected chi connectivity index (χ0v) is 10.0. The summed E-state index contributed by atoms with van der Waals surface area (Å²) in [4.78, 5) is 0. The number of hydrogen-bond acceptors (Lipinski definition) is 1. The van der Waals surface area contributed by atoms with Crippen LogP contribution in [0.2, 0.25) is 0 Å². The van der Waals surface area contributed by atoms with E-state index in [4.69, 9.17) is 0 Å². The van der Waals surface area contributed by atoms with E-state index in [0.29, 0.717) is 0 Å². The molecule has 1 nitrogen and oxygen atoms in total. The van der Waals surface area contributed by atoms with Gasteiger partial charge < -0.3 is 5.32 Å². The van der Waals surface area contributed by atoms with Crippen LogP contribution in [0.25, 0.3) is 11.1 Å². The van der Waals surface area contributed by atoms with Crippen LogP contribution in [-0.4, -0.2) is 7.05 Å². The lowest BCUT2D eigenvalue weighted by atomic mass is 10.0. The highest BCUT2D eigenvalue weighted by atomic mass is 14.8. The molecule has 1 heteroatoms. The summed E-state index contributed by atoms with van der Waals surface area (Å²) in [5.74, 6) is 0. The summed E-state index contributed by atoms with van der Waals surface area (Å²) in [7, 11) is 1.96. The van der Waals surface area contributed by atoms with Crippen LogP contribution >= 0.6 is 0 Å². The van der Waals surface area contributed by atoms with Crippen molar-refractivity contribution in [3.8, 4) is 11.1 Å².